The number of para-hydroxylation sites is 1. The van der Waals surface area contributed by atoms with Gasteiger partial charge >= 0.3 is 12.0 Å². The highest BCUT2D eigenvalue weighted by atomic mass is 35.5. The number of benzene rings is 2. The number of anilines is 2. The van der Waals surface area contributed by atoms with E-state index in [0.717, 1.165) is 10.5 Å². The number of pyridine rings is 1. The minimum absolute atomic E-state index is 0.178. The van der Waals surface area contributed by atoms with Gasteiger partial charge < -0.3 is 15.4 Å². The molecule has 2 heterocycles. The van der Waals surface area contributed by atoms with Crippen LogP contribution in [0.1, 0.15) is 18.2 Å². The summed E-state index contributed by atoms with van der Waals surface area (Å²) in [5, 5.41) is 6.10. The lowest BCUT2D eigenvalue weighted by Gasteiger charge is -2.12. The number of thioether (sulfide) groups is 1. The Morgan fingerprint density at radius 3 is 2.61 bits per heavy atom. The van der Waals surface area contributed by atoms with Gasteiger partial charge in [0.1, 0.15) is 5.65 Å². The molecule has 0 aliphatic heterocycles. The van der Waals surface area contributed by atoms with Crippen LogP contribution in [0.3, 0.4) is 0 Å². The average molecular weight is 523 g/mol. The summed E-state index contributed by atoms with van der Waals surface area (Å²) in [4.78, 5) is 42.0. The molecule has 10 heteroatoms. The molecule has 0 saturated carbocycles. The van der Waals surface area contributed by atoms with Crippen LogP contribution in [0.15, 0.2) is 82.6 Å². The average Bonchev–Trinajstić information content (AvgIpc) is 2.85. The molecule has 0 unspecified atom stereocenters. The van der Waals surface area contributed by atoms with Crippen LogP contribution >= 0.6 is 23.4 Å². The summed E-state index contributed by atoms with van der Waals surface area (Å²) in [5.74, 6) is 0.148. The number of hydrogen-bond donors (Lipinski definition) is 2. The zero-order valence-corrected chi connectivity index (χ0v) is 20.9. The second kappa shape index (κ2) is 11.7. The first kappa shape index (κ1) is 25.3. The lowest BCUT2D eigenvalue weighted by atomic mass is 10.1. The van der Waals surface area contributed by atoms with Crippen molar-refractivity contribution in [2.75, 3.05) is 17.2 Å². The summed E-state index contributed by atoms with van der Waals surface area (Å²) in [6.45, 7) is 2.10. The van der Waals surface area contributed by atoms with Crippen LogP contribution in [-0.2, 0) is 21.7 Å². The zero-order valence-electron chi connectivity index (χ0n) is 19.4. The van der Waals surface area contributed by atoms with E-state index in [4.69, 9.17) is 16.3 Å². The van der Waals surface area contributed by atoms with Gasteiger partial charge in [-0.15, -0.1) is 11.8 Å². The Morgan fingerprint density at radius 1 is 1.06 bits per heavy atom. The summed E-state index contributed by atoms with van der Waals surface area (Å²) in [5.41, 5.74) is 2.94. The number of urea groups is 1. The predicted molar refractivity (Wildman–Crippen MR) is 142 cm³/mol. The fraction of sp³-hybridized carbons (Fsp3) is 0.154. The minimum Gasteiger partial charge on any atom is -0.466 e. The summed E-state index contributed by atoms with van der Waals surface area (Å²) >= 11 is 7.43. The highest BCUT2D eigenvalue weighted by Gasteiger charge is 2.10. The molecule has 0 atom stereocenters. The van der Waals surface area contributed by atoms with E-state index in [9.17, 15) is 14.4 Å². The molecule has 2 amide bonds. The second-order valence-corrected chi connectivity index (χ2v) is 9.16. The maximum Gasteiger partial charge on any atom is 0.323 e. The Labute approximate surface area is 216 Å². The topological polar surface area (TPSA) is 102 Å². The molecule has 0 bridgehead atoms. The molecule has 0 spiro atoms. The molecule has 8 nitrogen and oxygen atoms in total. The molecular formula is C26H23ClN4O4S. The molecule has 2 N–H and O–H groups in total. The molecule has 0 saturated heterocycles. The normalized spacial score (nSPS) is 10.7. The van der Waals surface area contributed by atoms with E-state index in [1.54, 1.807) is 49.4 Å². The van der Waals surface area contributed by atoms with Crippen molar-refractivity contribution in [2.45, 2.75) is 24.0 Å². The van der Waals surface area contributed by atoms with Crippen LogP contribution in [0, 0.1) is 0 Å². The van der Waals surface area contributed by atoms with Gasteiger partial charge in [0, 0.05) is 28.6 Å². The number of aromatic nitrogens is 2. The monoisotopic (exact) mass is 522 g/mol. The molecule has 184 valence electrons. The zero-order chi connectivity index (χ0) is 25.5. The molecule has 4 rings (SSSR count). The highest BCUT2D eigenvalue weighted by Crippen LogP contribution is 2.29. The van der Waals surface area contributed by atoms with Gasteiger partial charge in [0.25, 0.3) is 5.56 Å². The third-order valence-corrected chi connectivity index (χ3v) is 6.38. The number of ether oxygens (including phenoxy) is 1. The van der Waals surface area contributed by atoms with E-state index in [0.29, 0.717) is 40.1 Å². The van der Waals surface area contributed by atoms with Gasteiger partial charge in [-0.1, -0.05) is 35.9 Å². The molecule has 0 aliphatic rings. The van der Waals surface area contributed by atoms with Crippen molar-refractivity contribution >= 4 is 52.4 Å². The highest BCUT2D eigenvalue weighted by molar-refractivity contribution is 7.98. The quantitative estimate of drug-likeness (QED) is 0.237. The van der Waals surface area contributed by atoms with Crippen LogP contribution in [0.2, 0.25) is 5.02 Å². The Balaban J connectivity index is 1.39. The number of hydrogen-bond acceptors (Lipinski definition) is 6. The van der Waals surface area contributed by atoms with E-state index in [-0.39, 0.29) is 17.9 Å². The maximum atomic E-state index is 12.6. The number of esters is 1. The largest absolute Gasteiger partial charge is 0.466 e. The van der Waals surface area contributed by atoms with Crippen molar-refractivity contribution < 1.29 is 14.3 Å². The fourth-order valence-corrected chi connectivity index (χ4v) is 4.48. The minimum atomic E-state index is -0.403. The number of halogens is 1. The van der Waals surface area contributed by atoms with Crippen molar-refractivity contribution in [3.05, 3.63) is 99.6 Å². The first-order chi connectivity index (χ1) is 17.4. The van der Waals surface area contributed by atoms with E-state index < -0.39 is 6.03 Å². The van der Waals surface area contributed by atoms with Crippen molar-refractivity contribution in [3.8, 4) is 0 Å². The molecule has 0 fully saturated rings. The molecule has 36 heavy (non-hydrogen) atoms. The van der Waals surface area contributed by atoms with Gasteiger partial charge in [0.2, 0.25) is 0 Å². The van der Waals surface area contributed by atoms with Gasteiger partial charge in [0.05, 0.1) is 29.4 Å². The number of nitrogens with one attached hydrogen (secondary N) is 2. The number of rotatable bonds is 8. The standard InChI is InChI=1S/C26H23ClN4O4S/c1-2-35-25(33)13-17-7-10-19(11-8-17)29-26(34)30-21-5-3-4-6-22(21)36-16-20-14-24(32)31-15-18(27)9-12-23(31)28-20/h3-12,14-15H,2,13,16H2,1H3,(H2,29,30,34). The maximum absolute atomic E-state index is 12.6. The van der Waals surface area contributed by atoms with Gasteiger partial charge in [-0.05, 0) is 48.9 Å². The number of nitrogens with zero attached hydrogens (tertiary/aromatic N) is 2. The Bertz CT molecular complexity index is 1460. The summed E-state index contributed by atoms with van der Waals surface area (Å²) in [6.07, 6.45) is 1.71. The number of carbonyl (C=O) groups excluding carboxylic acids is 2. The third kappa shape index (κ3) is 6.65. The molecular weight excluding hydrogens is 500 g/mol. The predicted octanol–water partition coefficient (Wildman–Crippen LogP) is 5.39. The Hall–Kier alpha value is -3.82. The smallest absolute Gasteiger partial charge is 0.323 e. The fourth-order valence-electron chi connectivity index (χ4n) is 3.42. The van der Waals surface area contributed by atoms with Crippen molar-refractivity contribution in [3.63, 3.8) is 0 Å². The lowest BCUT2D eigenvalue weighted by molar-refractivity contribution is -0.142. The second-order valence-electron chi connectivity index (χ2n) is 7.70. The molecule has 2 aromatic heterocycles. The third-order valence-electron chi connectivity index (χ3n) is 5.05. The first-order valence-corrected chi connectivity index (χ1v) is 12.5. The summed E-state index contributed by atoms with van der Waals surface area (Å²) in [6, 6.07) is 18.8. The van der Waals surface area contributed by atoms with Gasteiger partial charge in [-0.2, -0.15) is 0 Å². The van der Waals surface area contributed by atoms with Crippen LogP contribution in [0.5, 0.6) is 0 Å². The van der Waals surface area contributed by atoms with Crippen molar-refractivity contribution in [1.29, 1.82) is 0 Å². The molecule has 4 aromatic rings. The van der Waals surface area contributed by atoms with Gasteiger partial charge in [0.15, 0.2) is 0 Å². The van der Waals surface area contributed by atoms with E-state index >= 15 is 0 Å². The van der Waals surface area contributed by atoms with Crippen molar-refractivity contribution in [2.24, 2.45) is 0 Å². The van der Waals surface area contributed by atoms with Crippen LogP contribution in [0.4, 0.5) is 16.2 Å². The molecule has 0 aliphatic carbocycles. The van der Waals surface area contributed by atoms with Crippen LogP contribution in [0.25, 0.3) is 5.65 Å². The Morgan fingerprint density at radius 2 is 1.83 bits per heavy atom. The Kier molecular flexibility index (Phi) is 8.24. The van der Waals surface area contributed by atoms with E-state index in [1.807, 2.05) is 18.2 Å². The number of amides is 2. The van der Waals surface area contributed by atoms with E-state index in [2.05, 4.69) is 15.6 Å². The summed E-state index contributed by atoms with van der Waals surface area (Å²) in [7, 11) is 0. The first-order valence-electron chi connectivity index (χ1n) is 11.1. The van der Waals surface area contributed by atoms with Gasteiger partial charge in [-0.25, -0.2) is 9.78 Å². The molecule has 2 aromatic carbocycles. The van der Waals surface area contributed by atoms with Gasteiger partial charge in [-0.3, -0.25) is 14.0 Å². The van der Waals surface area contributed by atoms with E-state index in [1.165, 1.54) is 28.4 Å². The summed E-state index contributed by atoms with van der Waals surface area (Å²) < 4.78 is 6.35. The number of fused-ring (bicyclic) bond motifs is 1. The SMILES string of the molecule is CCOC(=O)Cc1ccc(NC(=O)Nc2ccccc2SCc2cc(=O)n3cc(Cl)ccc3n2)cc1. The van der Waals surface area contributed by atoms with Crippen LogP contribution < -0.4 is 16.2 Å². The molecule has 0 radical (unpaired) electrons. The van der Waals surface area contributed by atoms with Crippen molar-refractivity contribution in [1.82, 2.24) is 9.38 Å². The number of carbonyl (C=O) groups is 2. The van der Waals surface area contributed by atoms with Crippen LogP contribution in [-0.4, -0.2) is 28.0 Å². The lowest BCUT2D eigenvalue weighted by Crippen LogP contribution is -2.19.